The van der Waals surface area contributed by atoms with Crippen LogP contribution in [0.1, 0.15) is 37.9 Å². The average molecular weight is 269 g/mol. The average Bonchev–Trinajstić information content (AvgIpc) is 2.49. The minimum atomic E-state index is 0.372. The van der Waals surface area contributed by atoms with Crippen LogP contribution in [0.15, 0.2) is 48.5 Å². The van der Waals surface area contributed by atoms with Gasteiger partial charge in [0.25, 0.3) is 0 Å². The molecule has 0 radical (unpaired) electrons. The van der Waals surface area contributed by atoms with Gasteiger partial charge < -0.3 is 10.1 Å². The molecule has 0 aliphatic heterocycles. The van der Waals surface area contributed by atoms with Gasteiger partial charge in [-0.05, 0) is 49.2 Å². The number of nitrogens with one attached hydrogen (secondary N) is 1. The maximum absolute atomic E-state index is 5.97. The lowest BCUT2D eigenvalue weighted by atomic mass is 10.1. The molecule has 0 aliphatic carbocycles. The van der Waals surface area contributed by atoms with Gasteiger partial charge in [0, 0.05) is 6.04 Å². The highest BCUT2D eigenvalue weighted by Crippen LogP contribution is 2.26. The summed E-state index contributed by atoms with van der Waals surface area (Å²) in [6.45, 7) is 7.41. The molecule has 106 valence electrons. The minimum Gasteiger partial charge on any atom is -0.457 e. The molecule has 0 heterocycles. The molecule has 0 saturated carbocycles. The van der Waals surface area contributed by atoms with Crippen molar-refractivity contribution in [2.45, 2.75) is 33.2 Å². The van der Waals surface area contributed by atoms with E-state index < -0.39 is 0 Å². The third kappa shape index (κ3) is 3.61. The Bertz CT molecular complexity index is 533. The number of benzene rings is 2. The molecule has 0 aromatic heterocycles. The van der Waals surface area contributed by atoms with Crippen LogP contribution >= 0.6 is 0 Å². The molecule has 1 unspecified atom stereocenters. The highest BCUT2D eigenvalue weighted by atomic mass is 16.5. The molecule has 2 aromatic carbocycles. The topological polar surface area (TPSA) is 21.3 Å². The molecule has 1 N–H and O–H groups in total. The zero-order valence-electron chi connectivity index (χ0n) is 12.5. The van der Waals surface area contributed by atoms with Crippen LogP contribution in [-0.2, 0) is 6.42 Å². The van der Waals surface area contributed by atoms with E-state index in [2.05, 4.69) is 44.3 Å². The summed E-state index contributed by atoms with van der Waals surface area (Å²) in [5.74, 6) is 1.83. The van der Waals surface area contributed by atoms with Crippen molar-refractivity contribution in [2.75, 3.05) is 6.54 Å². The molecule has 0 bridgehead atoms. The molecule has 2 heteroatoms. The van der Waals surface area contributed by atoms with Crippen LogP contribution in [0.25, 0.3) is 0 Å². The summed E-state index contributed by atoms with van der Waals surface area (Å²) >= 11 is 0. The molecular formula is C18H23NO. The monoisotopic (exact) mass is 269 g/mol. The van der Waals surface area contributed by atoms with Gasteiger partial charge in [0.1, 0.15) is 11.5 Å². The largest absolute Gasteiger partial charge is 0.457 e. The van der Waals surface area contributed by atoms with Crippen LogP contribution < -0.4 is 10.1 Å². The van der Waals surface area contributed by atoms with Gasteiger partial charge in [-0.1, -0.05) is 44.2 Å². The van der Waals surface area contributed by atoms with E-state index >= 15 is 0 Å². The first-order valence-corrected chi connectivity index (χ1v) is 7.33. The minimum absolute atomic E-state index is 0.372. The number of para-hydroxylation sites is 1. The van der Waals surface area contributed by atoms with Crippen LogP contribution in [0.4, 0.5) is 0 Å². The molecule has 20 heavy (non-hydrogen) atoms. The van der Waals surface area contributed by atoms with Crippen LogP contribution in [0, 0.1) is 0 Å². The van der Waals surface area contributed by atoms with E-state index in [0.29, 0.717) is 6.04 Å². The van der Waals surface area contributed by atoms with Crippen LogP contribution in [-0.4, -0.2) is 6.54 Å². The summed E-state index contributed by atoms with van der Waals surface area (Å²) in [6, 6.07) is 16.9. The molecule has 0 spiro atoms. The van der Waals surface area contributed by atoms with Crippen LogP contribution in [0.2, 0.25) is 0 Å². The van der Waals surface area contributed by atoms with Crippen LogP contribution in [0.3, 0.4) is 0 Å². The van der Waals surface area contributed by atoms with Gasteiger partial charge >= 0.3 is 0 Å². The third-order valence-corrected chi connectivity index (χ3v) is 3.47. The highest BCUT2D eigenvalue weighted by molar-refractivity contribution is 5.38. The molecule has 0 amide bonds. The molecule has 2 nitrogen and oxygen atoms in total. The van der Waals surface area contributed by atoms with Crippen molar-refractivity contribution in [3.05, 3.63) is 59.7 Å². The normalized spacial score (nSPS) is 12.2. The van der Waals surface area contributed by atoms with Gasteiger partial charge in [0.2, 0.25) is 0 Å². The Labute approximate surface area is 121 Å². The Morgan fingerprint density at radius 2 is 1.70 bits per heavy atom. The van der Waals surface area contributed by atoms with Crippen LogP contribution in [0.5, 0.6) is 11.5 Å². The number of aryl methyl sites for hydroxylation is 1. The van der Waals surface area contributed by atoms with Gasteiger partial charge in [-0.2, -0.15) is 0 Å². The summed E-state index contributed by atoms with van der Waals surface area (Å²) in [6.07, 6.45) is 0.978. The first-order chi connectivity index (χ1) is 9.74. The summed E-state index contributed by atoms with van der Waals surface area (Å²) in [5, 5.41) is 3.41. The Hall–Kier alpha value is -1.80. The fourth-order valence-corrected chi connectivity index (χ4v) is 2.27. The van der Waals surface area contributed by atoms with E-state index in [-0.39, 0.29) is 0 Å². The predicted molar refractivity (Wildman–Crippen MR) is 84.4 cm³/mol. The van der Waals surface area contributed by atoms with Gasteiger partial charge in [0.15, 0.2) is 0 Å². The molecular weight excluding hydrogens is 246 g/mol. The Morgan fingerprint density at radius 3 is 2.35 bits per heavy atom. The third-order valence-electron chi connectivity index (χ3n) is 3.47. The lowest BCUT2D eigenvalue weighted by Gasteiger charge is -2.14. The zero-order valence-corrected chi connectivity index (χ0v) is 12.5. The van der Waals surface area contributed by atoms with Crippen molar-refractivity contribution in [1.82, 2.24) is 5.32 Å². The van der Waals surface area contributed by atoms with Gasteiger partial charge in [-0.3, -0.25) is 0 Å². The number of ether oxygens (including phenoxy) is 1. The lowest BCUT2D eigenvalue weighted by Crippen LogP contribution is -2.17. The van der Waals surface area contributed by atoms with E-state index in [1.807, 2.05) is 30.3 Å². The lowest BCUT2D eigenvalue weighted by molar-refractivity contribution is 0.476. The summed E-state index contributed by atoms with van der Waals surface area (Å²) in [5.41, 5.74) is 2.51. The van der Waals surface area contributed by atoms with Crippen molar-refractivity contribution in [1.29, 1.82) is 0 Å². The van der Waals surface area contributed by atoms with E-state index in [1.165, 1.54) is 11.1 Å². The maximum atomic E-state index is 5.97. The van der Waals surface area contributed by atoms with Gasteiger partial charge in [-0.25, -0.2) is 0 Å². The van der Waals surface area contributed by atoms with Gasteiger partial charge in [-0.15, -0.1) is 0 Å². The predicted octanol–water partition coefficient (Wildman–Crippen LogP) is 4.71. The first kappa shape index (κ1) is 14.6. The molecule has 2 rings (SSSR count). The molecule has 2 aromatic rings. The van der Waals surface area contributed by atoms with E-state index in [4.69, 9.17) is 4.74 Å². The first-order valence-electron chi connectivity index (χ1n) is 7.33. The fraction of sp³-hybridized carbons (Fsp3) is 0.333. The fourth-order valence-electron chi connectivity index (χ4n) is 2.27. The number of hydrogen-bond donors (Lipinski definition) is 1. The van der Waals surface area contributed by atoms with Crippen molar-refractivity contribution in [3.8, 4) is 11.5 Å². The summed E-state index contributed by atoms with van der Waals surface area (Å²) in [7, 11) is 0. The SMILES string of the molecule is CCNC(C)c1ccc(Oc2ccccc2CC)cc1. The Kier molecular flexibility index (Phi) is 5.19. The summed E-state index contributed by atoms with van der Waals surface area (Å²) < 4.78 is 5.97. The van der Waals surface area contributed by atoms with E-state index in [0.717, 1.165) is 24.5 Å². The Balaban J connectivity index is 2.11. The van der Waals surface area contributed by atoms with Crippen molar-refractivity contribution in [2.24, 2.45) is 0 Å². The molecule has 0 aliphatic rings. The molecule has 0 fully saturated rings. The molecule has 1 atom stereocenters. The van der Waals surface area contributed by atoms with Gasteiger partial charge in [0.05, 0.1) is 0 Å². The quantitative estimate of drug-likeness (QED) is 0.820. The van der Waals surface area contributed by atoms with E-state index in [1.54, 1.807) is 0 Å². The highest BCUT2D eigenvalue weighted by Gasteiger charge is 2.05. The van der Waals surface area contributed by atoms with E-state index in [9.17, 15) is 0 Å². The molecule has 0 saturated heterocycles. The zero-order chi connectivity index (χ0) is 14.4. The number of rotatable bonds is 6. The maximum Gasteiger partial charge on any atom is 0.130 e. The second-order valence-electron chi connectivity index (χ2n) is 4.91. The Morgan fingerprint density at radius 1 is 1.00 bits per heavy atom. The summed E-state index contributed by atoms with van der Waals surface area (Å²) in [4.78, 5) is 0. The van der Waals surface area contributed by atoms with Crippen molar-refractivity contribution in [3.63, 3.8) is 0 Å². The smallest absolute Gasteiger partial charge is 0.130 e. The second-order valence-corrected chi connectivity index (χ2v) is 4.91. The van der Waals surface area contributed by atoms with Crippen molar-refractivity contribution < 1.29 is 4.74 Å². The van der Waals surface area contributed by atoms with Crippen molar-refractivity contribution >= 4 is 0 Å². The number of hydrogen-bond acceptors (Lipinski definition) is 2. The standard InChI is InChI=1S/C18H23NO/c1-4-15-8-6-7-9-18(15)20-17-12-10-16(11-13-17)14(3)19-5-2/h6-14,19H,4-5H2,1-3H3. The second kappa shape index (κ2) is 7.11.